The zero-order valence-electron chi connectivity index (χ0n) is 16.9. The molecule has 9 heteroatoms. The molecule has 2 N–H and O–H groups in total. The number of hydrogen-bond donors (Lipinski definition) is 2. The van der Waals surface area contributed by atoms with Gasteiger partial charge in [0.25, 0.3) is 5.91 Å². The van der Waals surface area contributed by atoms with Crippen molar-refractivity contribution in [3.8, 4) is 11.3 Å². The number of amides is 1. The molecule has 1 amide bonds. The monoisotopic (exact) mass is 459 g/mol. The van der Waals surface area contributed by atoms with Crippen LogP contribution in [0.25, 0.3) is 17.4 Å². The average Bonchev–Trinajstić information content (AvgIpc) is 3.28. The maximum atomic E-state index is 12.8. The van der Waals surface area contributed by atoms with E-state index in [0.717, 1.165) is 22.2 Å². The van der Waals surface area contributed by atoms with Crippen LogP contribution in [0.1, 0.15) is 43.9 Å². The number of carbonyl (C=O) groups excluding carboxylic acids is 1. The van der Waals surface area contributed by atoms with Gasteiger partial charge in [-0.15, -0.1) is 0 Å². The van der Waals surface area contributed by atoms with E-state index in [9.17, 15) is 19.5 Å². The van der Waals surface area contributed by atoms with Crippen LogP contribution >= 0.6 is 24.0 Å². The summed E-state index contributed by atoms with van der Waals surface area (Å²) in [5.41, 5.74) is 2.12. The number of carboxylic acids is 2. The number of rotatable bonds is 8. The standard InChI is InChI=1S/C22H21NO6S2/c1-12(2)13-3-5-14(6-4-13)17-9-7-15(29-17)11-18-20(26)23(22(30)31-18)16(21(27)28)8-10-19(24)25/h3-7,9,11-12,16H,8,10H2,1-2H3,(H,24,25)(H,27,28)/b18-11-/t16-/m1/s1. The maximum Gasteiger partial charge on any atom is 0.326 e. The summed E-state index contributed by atoms with van der Waals surface area (Å²) in [6, 6.07) is 10.2. The van der Waals surface area contributed by atoms with Crippen LogP contribution in [-0.2, 0) is 14.4 Å². The molecule has 1 saturated heterocycles. The molecule has 7 nitrogen and oxygen atoms in total. The van der Waals surface area contributed by atoms with Gasteiger partial charge >= 0.3 is 11.9 Å². The Hall–Kier alpha value is -2.91. The van der Waals surface area contributed by atoms with Crippen LogP contribution in [0.3, 0.4) is 0 Å². The molecule has 2 aromatic rings. The summed E-state index contributed by atoms with van der Waals surface area (Å²) in [7, 11) is 0. The third kappa shape index (κ3) is 5.23. The Balaban J connectivity index is 1.80. The topological polar surface area (TPSA) is 108 Å². The number of furan rings is 1. The quantitative estimate of drug-likeness (QED) is 0.436. The first-order valence-corrected chi connectivity index (χ1v) is 10.8. The van der Waals surface area contributed by atoms with Gasteiger partial charge in [-0.2, -0.15) is 0 Å². The molecule has 1 atom stereocenters. The fourth-order valence-electron chi connectivity index (χ4n) is 3.12. The lowest BCUT2D eigenvalue weighted by molar-refractivity contribution is -0.146. The molecular formula is C22H21NO6S2. The minimum atomic E-state index is -1.33. The highest BCUT2D eigenvalue weighted by Crippen LogP contribution is 2.35. The van der Waals surface area contributed by atoms with Crippen LogP contribution in [0.5, 0.6) is 0 Å². The first kappa shape index (κ1) is 22.8. The fourth-order valence-corrected chi connectivity index (χ4v) is 4.46. The van der Waals surface area contributed by atoms with E-state index in [2.05, 4.69) is 13.8 Å². The Kier molecular flexibility index (Phi) is 6.97. The third-order valence-corrected chi connectivity index (χ3v) is 6.14. The predicted molar refractivity (Wildman–Crippen MR) is 122 cm³/mol. The van der Waals surface area contributed by atoms with Crippen molar-refractivity contribution in [1.82, 2.24) is 4.90 Å². The van der Waals surface area contributed by atoms with Crippen LogP contribution in [0.4, 0.5) is 0 Å². The molecule has 162 valence electrons. The fraction of sp³-hybridized carbons (Fsp3) is 0.273. The van der Waals surface area contributed by atoms with E-state index in [-0.39, 0.29) is 22.1 Å². The van der Waals surface area contributed by atoms with Crippen molar-refractivity contribution in [1.29, 1.82) is 0 Å². The van der Waals surface area contributed by atoms with Gasteiger partial charge in [-0.05, 0) is 30.0 Å². The van der Waals surface area contributed by atoms with Crippen molar-refractivity contribution in [2.24, 2.45) is 0 Å². The molecule has 0 aliphatic carbocycles. The van der Waals surface area contributed by atoms with Crippen LogP contribution < -0.4 is 0 Å². The zero-order chi connectivity index (χ0) is 22.7. The lowest BCUT2D eigenvalue weighted by atomic mass is 10.0. The molecule has 0 saturated carbocycles. The third-order valence-electron chi connectivity index (χ3n) is 4.81. The summed E-state index contributed by atoms with van der Waals surface area (Å²) >= 11 is 6.15. The van der Waals surface area contributed by atoms with Gasteiger partial charge in [-0.3, -0.25) is 14.5 Å². The predicted octanol–water partition coefficient (Wildman–Crippen LogP) is 4.59. The van der Waals surface area contributed by atoms with Gasteiger partial charge in [0.2, 0.25) is 0 Å². The molecule has 1 aromatic heterocycles. The summed E-state index contributed by atoms with van der Waals surface area (Å²) in [5, 5.41) is 18.3. The molecular weight excluding hydrogens is 438 g/mol. The molecule has 1 aliphatic rings. The zero-order valence-corrected chi connectivity index (χ0v) is 18.5. The largest absolute Gasteiger partial charge is 0.481 e. The second kappa shape index (κ2) is 9.49. The van der Waals surface area contributed by atoms with Crippen molar-refractivity contribution in [3.63, 3.8) is 0 Å². The van der Waals surface area contributed by atoms with Crippen LogP contribution in [0.15, 0.2) is 45.7 Å². The molecule has 0 bridgehead atoms. The molecule has 31 heavy (non-hydrogen) atoms. The molecule has 1 aliphatic heterocycles. The van der Waals surface area contributed by atoms with Gasteiger partial charge < -0.3 is 14.6 Å². The van der Waals surface area contributed by atoms with E-state index in [0.29, 0.717) is 17.4 Å². The number of carbonyl (C=O) groups is 3. The van der Waals surface area contributed by atoms with Crippen molar-refractivity contribution >= 4 is 52.2 Å². The van der Waals surface area contributed by atoms with Gasteiger partial charge in [0.15, 0.2) is 0 Å². The number of aliphatic carboxylic acids is 2. The molecule has 1 aromatic carbocycles. The van der Waals surface area contributed by atoms with Crippen molar-refractivity contribution in [2.75, 3.05) is 0 Å². The summed E-state index contributed by atoms with van der Waals surface area (Å²) < 4.78 is 5.91. The second-order valence-electron chi connectivity index (χ2n) is 7.32. The number of benzene rings is 1. The molecule has 2 heterocycles. The first-order chi connectivity index (χ1) is 14.7. The van der Waals surface area contributed by atoms with Crippen molar-refractivity contribution in [3.05, 3.63) is 52.6 Å². The van der Waals surface area contributed by atoms with E-state index in [1.54, 1.807) is 12.1 Å². The van der Waals surface area contributed by atoms with Gasteiger partial charge in [0.1, 0.15) is 21.9 Å². The van der Waals surface area contributed by atoms with Crippen LogP contribution in [0.2, 0.25) is 0 Å². The maximum absolute atomic E-state index is 12.8. The Morgan fingerprint density at radius 1 is 1.16 bits per heavy atom. The van der Waals surface area contributed by atoms with Gasteiger partial charge in [0, 0.05) is 18.1 Å². The van der Waals surface area contributed by atoms with Crippen LogP contribution in [-0.4, -0.2) is 43.3 Å². The number of nitrogens with zero attached hydrogens (tertiary/aromatic N) is 1. The lowest BCUT2D eigenvalue weighted by Crippen LogP contribution is -2.44. The number of carboxylic acid groups (broad SMARTS) is 2. The van der Waals surface area contributed by atoms with E-state index in [4.69, 9.17) is 21.7 Å². The second-order valence-corrected chi connectivity index (χ2v) is 8.99. The van der Waals surface area contributed by atoms with Crippen LogP contribution in [0, 0.1) is 0 Å². The van der Waals surface area contributed by atoms with E-state index >= 15 is 0 Å². The molecule has 0 unspecified atom stereocenters. The number of thiocarbonyl (C=S) groups is 1. The summed E-state index contributed by atoms with van der Waals surface area (Å²) in [5.74, 6) is -1.52. The van der Waals surface area contributed by atoms with E-state index in [1.807, 2.05) is 24.3 Å². The van der Waals surface area contributed by atoms with Crippen molar-refractivity contribution in [2.45, 2.75) is 38.6 Å². The van der Waals surface area contributed by atoms with E-state index < -0.39 is 23.9 Å². The molecule has 3 rings (SSSR count). The Morgan fingerprint density at radius 2 is 1.84 bits per heavy atom. The molecule has 0 radical (unpaired) electrons. The molecule has 1 fully saturated rings. The summed E-state index contributed by atoms with van der Waals surface area (Å²) in [6.07, 6.45) is 0.896. The smallest absolute Gasteiger partial charge is 0.326 e. The Morgan fingerprint density at radius 3 is 2.42 bits per heavy atom. The van der Waals surface area contributed by atoms with Gasteiger partial charge in [-0.25, -0.2) is 4.79 Å². The average molecular weight is 460 g/mol. The number of thioether (sulfide) groups is 1. The summed E-state index contributed by atoms with van der Waals surface area (Å²) in [4.78, 5) is 36.4. The SMILES string of the molecule is CC(C)c1ccc(-c2ccc(/C=C3\SC(=S)N([C@H](CCC(=O)O)C(=O)O)C3=O)o2)cc1. The minimum Gasteiger partial charge on any atom is -0.481 e. The summed E-state index contributed by atoms with van der Waals surface area (Å²) in [6.45, 7) is 4.24. The lowest BCUT2D eigenvalue weighted by Gasteiger charge is -2.22. The minimum absolute atomic E-state index is 0.0742. The Bertz CT molecular complexity index is 1050. The first-order valence-electron chi connectivity index (χ1n) is 9.59. The highest BCUT2D eigenvalue weighted by Gasteiger charge is 2.40. The number of hydrogen-bond acceptors (Lipinski definition) is 6. The van der Waals surface area contributed by atoms with Gasteiger partial charge in [0.05, 0.1) is 4.91 Å². The van der Waals surface area contributed by atoms with Crippen molar-refractivity contribution < 1.29 is 29.0 Å². The van der Waals surface area contributed by atoms with E-state index in [1.165, 1.54) is 11.6 Å². The molecule has 0 spiro atoms. The van der Waals surface area contributed by atoms with Gasteiger partial charge in [-0.1, -0.05) is 62.1 Å². The highest BCUT2D eigenvalue weighted by molar-refractivity contribution is 8.26. The normalized spacial score (nSPS) is 16.4. The Labute approximate surface area is 188 Å². The highest BCUT2D eigenvalue weighted by atomic mass is 32.2.